The lowest BCUT2D eigenvalue weighted by Gasteiger charge is -2.00. The number of hydrogen-bond donors (Lipinski definition) is 1. The molecule has 0 amide bonds. The van der Waals surface area contributed by atoms with Crippen molar-refractivity contribution in [3.05, 3.63) is 18.0 Å². The molecule has 1 aromatic rings. The van der Waals surface area contributed by atoms with Crippen molar-refractivity contribution < 1.29 is 0 Å². The molecule has 3 heteroatoms. The zero-order valence-corrected chi connectivity index (χ0v) is 9.03. The summed E-state index contributed by atoms with van der Waals surface area (Å²) in [6.07, 6.45) is 6.04. The van der Waals surface area contributed by atoms with Crippen molar-refractivity contribution in [1.82, 2.24) is 15.1 Å². The van der Waals surface area contributed by atoms with Crippen LogP contribution in [0.2, 0.25) is 0 Å². The van der Waals surface area contributed by atoms with Crippen molar-refractivity contribution in [2.45, 2.75) is 38.8 Å². The van der Waals surface area contributed by atoms with E-state index < -0.39 is 0 Å². The summed E-state index contributed by atoms with van der Waals surface area (Å²) >= 11 is 0. The first-order chi connectivity index (χ1) is 6.79. The van der Waals surface area contributed by atoms with Crippen LogP contribution in [0.25, 0.3) is 0 Å². The second-order valence-corrected chi connectivity index (χ2v) is 4.25. The molecule has 0 radical (unpaired) electrons. The van der Waals surface area contributed by atoms with Gasteiger partial charge in [-0.15, -0.1) is 0 Å². The summed E-state index contributed by atoms with van der Waals surface area (Å²) in [5.74, 6) is 0.934. The molecule has 1 saturated carbocycles. The van der Waals surface area contributed by atoms with Gasteiger partial charge in [0.05, 0.1) is 5.69 Å². The number of rotatable bonds is 5. The SMILES string of the molecule is CCCC1CC1NCc1ccn(C)n1. The number of aryl methyl sites for hydroxylation is 1. The predicted octanol–water partition coefficient (Wildman–Crippen LogP) is 1.70. The third-order valence-electron chi connectivity index (χ3n) is 2.90. The predicted molar refractivity (Wildman–Crippen MR) is 56.9 cm³/mol. The Bertz CT molecular complexity index is 292. The normalized spacial score (nSPS) is 25.3. The van der Waals surface area contributed by atoms with E-state index in [1.807, 2.05) is 17.9 Å². The molecule has 2 unspecified atom stereocenters. The van der Waals surface area contributed by atoms with E-state index in [9.17, 15) is 0 Å². The molecule has 1 heterocycles. The Morgan fingerprint density at radius 1 is 1.64 bits per heavy atom. The molecule has 1 aliphatic rings. The quantitative estimate of drug-likeness (QED) is 0.771. The van der Waals surface area contributed by atoms with Crippen LogP contribution in [-0.4, -0.2) is 15.8 Å². The molecular formula is C11H19N3. The van der Waals surface area contributed by atoms with Crippen LogP contribution in [0.3, 0.4) is 0 Å². The van der Waals surface area contributed by atoms with Gasteiger partial charge in [-0.05, 0) is 24.8 Å². The summed E-state index contributed by atoms with van der Waals surface area (Å²) in [5.41, 5.74) is 1.15. The molecule has 3 nitrogen and oxygen atoms in total. The third kappa shape index (κ3) is 2.35. The van der Waals surface area contributed by atoms with E-state index in [0.29, 0.717) is 0 Å². The van der Waals surface area contributed by atoms with Crippen molar-refractivity contribution in [3.8, 4) is 0 Å². The van der Waals surface area contributed by atoms with Gasteiger partial charge >= 0.3 is 0 Å². The van der Waals surface area contributed by atoms with E-state index >= 15 is 0 Å². The average molecular weight is 193 g/mol. The highest BCUT2D eigenvalue weighted by atomic mass is 15.3. The number of nitrogens with zero attached hydrogens (tertiary/aromatic N) is 2. The highest BCUT2D eigenvalue weighted by Gasteiger charge is 2.35. The van der Waals surface area contributed by atoms with Crippen LogP contribution in [0, 0.1) is 5.92 Å². The molecule has 0 aromatic carbocycles. The summed E-state index contributed by atoms with van der Waals surface area (Å²) in [4.78, 5) is 0. The van der Waals surface area contributed by atoms with Crippen molar-refractivity contribution in [1.29, 1.82) is 0 Å². The van der Waals surface area contributed by atoms with Gasteiger partial charge in [0.25, 0.3) is 0 Å². The van der Waals surface area contributed by atoms with Gasteiger partial charge in [0, 0.05) is 25.8 Å². The number of aromatic nitrogens is 2. The van der Waals surface area contributed by atoms with Gasteiger partial charge in [-0.2, -0.15) is 5.10 Å². The van der Waals surface area contributed by atoms with Crippen LogP contribution < -0.4 is 5.32 Å². The maximum atomic E-state index is 4.34. The number of hydrogen-bond acceptors (Lipinski definition) is 2. The second-order valence-electron chi connectivity index (χ2n) is 4.25. The monoisotopic (exact) mass is 193 g/mol. The number of nitrogens with one attached hydrogen (secondary N) is 1. The minimum atomic E-state index is 0.761. The van der Waals surface area contributed by atoms with Gasteiger partial charge in [0.15, 0.2) is 0 Å². The van der Waals surface area contributed by atoms with Gasteiger partial charge in [0.2, 0.25) is 0 Å². The molecule has 0 spiro atoms. The maximum Gasteiger partial charge on any atom is 0.0762 e. The minimum absolute atomic E-state index is 0.761. The van der Waals surface area contributed by atoms with Crippen LogP contribution >= 0.6 is 0 Å². The molecule has 1 fully saturated rings. The lowest BCUT2D eigenvalue weighted by atomic mass is 10.2. The van der Waals surface area contributed by atoms with Gasteiger partial charge in [-0.3, -0.25) is 4.68 Å². The summed E-state index contributed by atoms with van der Waals surface area (Å²) in [6.45, 7) is 3.18. The Hall–Kier alpha value is -0.830. The molecule has 1 aromatic heterocycles. The molecule has 1 aliphatic carbocycles. The van der Waals surface area contributed by atoms with Crippen LogP contribution in [0.15, 0.2) is 12.3 Å². The van der Waals surface area contributed by atoms with Crippen molar-refractivity contribution >= 4 is 0 Å². The fraction of sp³-hybridized carbons (Fsp3) is 0.727. The molecule has 0 aliphatic heterocycles. The van der Waals surface area contributed by atoms with Crippen LogP contribution in [-0.2, 0) is 13.6 Å². The Morgan fingerprint density at radius 3 is 3.14 bits per heavy atom. The molecule has 78 valence electrons. The highest BCUT2D eigenvalue weighted by molar-refractivity contribution is 5.01. The van der Waals surface area contributed by atoms with Gasteiger partial charge in [-0.1, -0.05) is 13.3 Å². The largest absolute Gasteiger partial charge is 0.308 e. The summed E-state index contributed by atoms with van der Waals surface area (Å²) < 4.78 is 1.85. The van der Waals surface area contributed by atoms with E-state index in [2.05, 4.69) is 23.4 Å². The van der Waals surface area contributed by atoms with Crippen molar-refractivity contribution in [2.75, 3.05) is 0 Å². The first kappa shape index (κ1) is 9.71. The molecule has 0 bridgehead atoms. The fourth-order valence-electron chi connectivity index (χ4n) is 1.98. The lowest BCUT2D eigenvalue weighted by molar-refractivity contribution is 0.588. The fourth-order valence-corrected chi connectivity index (χ4v) is 1.98. The summed E-state index contributed by atoms with van der Waals surface area (Å²) in [5, 5.41) is 7.88. The molecule has 0 saturated heterocycles. The first-order valence-corrected chi connectivity index (χ1v) is 5.51. The van der Waals surface area contributed by atoms with E-state index in [0.717, 1.165) is 24.2 Å². The first-order valence-electron chi connectivity index (χ1n) is 5.51. The van der Waals surface area contributed by atoms with Crippen LogP contribution in [0.5, 0.6) is 0 Å². The van der Waals surface area contributed by atoms with E-state index in [-0.39, 0.29) is 0 Å². The Labute approximate surface area is 85.5 Å². The van der Waals surface area contributed by atoms with E-state index in [4.69, 9.17) is 0 Å². The van der Waals surface area contributed by atoms with Crippen LogP contribution in [0.1, 0.15) is 31.9 Å². The van der Waals surface area contributed by atoms with Crippen molar-refractivity contribution in [2.24, 2.45) is 13.0 Å². The second kappa shape index (κ2) is 4.13. The highest BCUT2D eigenvalue weighted by Crippen LogP contribution is 2.34. The maximum absolute atomic E-state index is 4.34. The molecule has 1 N–H and O–H groups in total. The molecular weight excluding hydrogens is 174 g/mol. The summed E-state index contributed by atoms with van der Waals surface area (Å²) in [7, 11) is 1.96. The minimum Gasteiger partial charge on any atom is -0.308 e. The Balaban J connectivity index is 1.69. The van der Waals surface area contributed by atoms with Gasteiger partial charge in [-0.25, -0.2) is 0 Å². The topological polar surface area (TPSA) is 29.9 Å². The zero-order chi connectivity index (χ0) is 9.97. The Kier molecular flexibility index (Phi) is 2.87. The molecule has 2 rings (SSSR count). The smallest absolute Gasteiger partial charge is 0.0762 e. The average Bonchev–Trinajstić information content (AvgIpc) is 2.77. The van der Waals surface area contributed by atoms with Gasteiger partial charge in [0.1, 0.15) is 0 Å². The van der Waals surface area contributed by atoms with E-state index in [1.54, 1.807) is 0 Å². The van der Waals surface area contributed by atoms with Gasteiger partial charge < -0.3 is 5.32 Å². The molecule has 14 heavy (non-hydrogen) atoms. The molecule has 2 atom stereocenters. The lowest BCUT2D eigenvalue weighted by Crippen LogP contribution is -2.18. The Morgan fingerprint density at radius 2 is 2.50 bits per heavy atom. The van der Waals surface area contributed by atoms with Crippen molar-refractivity contribution in [3.63, 3.8) is 0 Å². The van der Waals surface area contributed by atoms with Crippen LogP contribution in [0.4, 0.5) is 0 Å². The third-order valence-corrected chi connectivity index (χ3v) is 2.90. The standard InChI is InChI=1S/C11H19N3/c1-3-4-9-7-11(9)12-8-10-5-6-14(2)13-10/h5-6,9,11-12H,3-4,7-8H2,1-2H3. The zero-order valence-electron chi connectivity index (χ0n) is 9.03. The van der Waals surface area contributed by atoms with E-state index in [1.165, 1.54) is 19.3 Å². The summed E-state index contributed by atoms with van der Waals surface area (Å²) in [6, 6.07) is 2.83.